The molecule has 2 aromatic carbocycles. The molecule has 0 heterocycles. The Labute approximate surface area is 139 Å². The first-order valence-corrected chi connectivity index (χ1v) is 7.72. The number of halogens is 3. The summed E-state index contributed by atoms with van der Waals surface area (Å²) < 4.78 is 7.24. The molecule has 6 heteroatoms. The smallest absolute Gasteiger partial charge is 0.138 e. The van der Waals surface area contributed by atoms with E-state index in [0.717, 1.165) is 25.9 Å². The number of hydrogen-bond acceptors (Lipinski definition) is 3. The number of benzene rings is 2. The molecule has 0 aliphatic rings. The van der Waals surface area contributed by atoms with E-state index in [1.165, 1.54) is 0 Å². The summed E-state index contributed by atoms with van der Waals surface area (Å²) in [5, 5.41) is 12.9. The first kappa shape index (κ1) is 15.5. The van der Waals surface area contributed by atoms with Gasteiger partial charge in [-0.05, 0) is 46.3 Å². The summed E-state index contributed by atoms with van der Waals surface area (Å²) in [6.45, 7) is 0.572. The molecule has 0 bridgehead atoms. The second-order valence-electron chi connectivity index (χ2n) is 4.10. The van der Waals surface area contributed by atoms with E-state index in [1.54, 1.807) is 25.3 Å². The van der Waals surface area contributed by atoms with Gasteiger partial charge in [0.25, 0.3) is 0 Å². The molecule has 0 unspecified atom stereocenters. The summed E-state index contributed by atoms with van der Waals surface area (Å²) >= 11 is 12.8. The van der Waals surface area contributed by atoms with Crippen LogP contribution in [0.3, 0.4) is 0 Å². The number of anilines is 1. The highest BCUT2D eigenvalue weighted by atomic mass is 79.9. The van der Waals surface area contributed by atoms with Crippen LogP contribution in [-0.4, -0.2) is 12.2 Å². The molecule has 106 valence electrons. The molecule has 0 radical (unpaired) electrons. The third-order valence-corrected chi connectivity index (χ3v) is 4.07. The molecule has 0 atom stereocenters. The van der Waals surface area contributed by atoms with E-state index in [1.807, 2.05) is 12.1 Å². The minimum absolute atomic E-state index is 0.0694. The number of ether oxygens (including phenoxy) is 1. The van der Waals surface area contributed by atoms with Gasteiger partial charge in [0.05, 0.1) is 16.6 Å². The summed E-state index contributed by atoms with van der Waals surface area (Å²) in [5.74, 6) is 0.852. The number of rotatable bonds is 4. The molecule has 0 amide bonds. The Hall–Kier alpha value is -0.910. The molecule has 0 fully saturated rings. The lowest BCUT2D eigenvalue weighted by molar-refractivity contribution is 0.407. The summed E-state index contributed by atoms with van der Waals surface area (Å²) in [6, 6.07) is 8.91. The van der Waals surface area contributed by atoms with Crippen LogP contribution in [-0.2, 0) is 6.54 Å². The summed E-state index contributed by atoms with van der Waals surface area (Å²) in [6.07, 6.45) is 0. The van der Waals surface area contributed by atoms with Crippen LogP contribution >= 0.6 is 43.5 Å². The number of phenolic OH excluding ortho intramolecular Hbond substituents is 1. The number of phenols is 1. The van der Waals surface area contributed by atoms with E-state index in [0.29, 0.717) is 11.6 Å². The van der Waals surface area contributed by atoms with Crippen molar-refractivity contribution in [1.82, 2.24) is 0 Å². The molecular weight excluding hydrogens is 409 g/mol. The van der Waals surface area contributed by atoms with Gasteiger partial charge in [-0.25, -0.2) is 0 Å². The highest BCUT2D eigenvalue weighted by Gasteiger charge is 2.09. The highest BCUT2D eigenvalue weighted by Crippen LogP contribution is 2.33. The maximum atomic E-state index is 9.39. The van der Waals surface area contributed by atoms with Gasteiger partial charge in [0, 0.05) is 22.3 Å². The molecule has 0 aliphatic heterocycles. The largest absolute Gasteiger partial charge is 0.506 e. The van der Waals surface area contributed by atoms with Gasteiger partial charge in [-0.1, -0.05) is 27.5 Å². The number of nitrogens with one attached hydrogen (secondary N) is 1. The molecule has 2 rings (SSSR count). The lowest BCUT2D eigenvalue weighted by Crippen LogP contribution is -2.02. The second kappa shape index (κ2) is 6.70. The zero-order chi connectivity index (χ0) is 14.7. The van der Waals surface area contributed by atoms with Crippen LogP contribution in [0.25, 0.3) is 0 Å². The summed E-state index contributed by atoms with van der Waals surface area (Å²) in [4.78, 5) is 0. The molecule has 0 aromatic heterocycles. The molecule has 0 saturated heterocycles. The van der Waals surface area contributed by atoms with E-state index < -0.39 is 0 Å². The van der Waals surface area contributed by atoms with Gasteiger partial charge in [0.2, 0.25) is 0 Å². The van der Waals surface area contributed by atoms with Crippen molar-refractivity contribution in [2.24, 2.45) is 0 Å². The number of aromatic hydroxyl groups is 1. The van der Waals surface area contributed by atoms with Crippen LogP contribution in [0, 0.1) is 0 Å². The fraction of sp³-hybridized carbons (Fsp3) is 0.143. The Kier molecular flexibility index (Phi) is 5.18. The van der Waals surface area contributed by atoms with Crippen LogP contribution in [0.2, 0.25) is 5.02 Å². The molecule has 2 aromatic rings. The molecule has 0 spiro atoms. The lowest BCUT2D eigenvalue weighted by Gasteiger charge is -2.13. The first-order valence-electron chi connectivity index (χ1n) is 5.75. The topological polar surface area (TPSA) is 41.5 Å². The van der Waals surface area contributed by atoms with E-state index in [9.17, 15) is 5.11 Å². The van der Waals surface area contributed by atoms with E-state index in [4.69, 9.17) is 16.3 Å². The van der Waals surface area contributed by atoms with Crippen LogP contribution in [0.5, 0.6) is 11.5 Å². The minimum Gasteiger partial charge on any atom is -0.506 e. The quantitative estimate of drug-likeness (QED) is 0.668. The van der Waals surface area contributed by atoms with Gasteiger partial charge in [-0.3, -0.25) is 0 Å². The van der Waals surface area contributed by atoms with Gasteiger partial charge in [0.15, 0.2) is 0 Å². The molecular formula is C14H12Br2ClNO2. The predicted octanol–water partition coefficient (Wildman–Crippen LogP) is 5.19. The Balaban J connectivity index is 2.20. The Morgan fingerprint density at radius 2 is 2.00 bits per heavy atom. The minimum atomic E-state index is 0.0694. The fourth-order valence-corrected chi connectivity index (χ4v) is 3.44. The van der Waals surface area contributed by atoms with Crippen LogP contribution in [0.15, 0.2) is 39.3 Å². The second-order valence-corrected chi connectivity index (χ2v) is 6.28. The Morgan fingerprint density at radius 3 is 2.65 bits per heavy atom. The van der Waals surface area contributed by atoms with Crippen molar-refractivity contribution in [3.8, 4) is 11.5 Å². The molecule has 3 nitrogen and oxygen atoms in total. The molecule has 2 N–H and O–H groups in total. The average molecular weight is 422 g/mol. The van der Waals surface area contributed by atoms with Gasteiger partial charge in [-0.15, -0.1) is 0 Å². The Bertz CT molecular complexity index is 635. The summed E-state index contributed by atoms with van der Waals surface area (Å²) in [5.41, 5.74) is 1.82. The third-order valence-electron chi connectivity index (χ3n) is 2.72. The predicted molar refractivity (Wildman–Crippen MR) is 88.8 cm³/mol. The van der Waals surface area contributed by atoms with Crippen molar-refractivity contribution >= 4 is 49.1 Å². The van der Waals surface area contributed by atoms with Crippen molar-refractivity contribution in [3.05, 3.63) is 49.9 Å². The van der Waals surface area contributed by atoms with Gasteiger partial charge in [0.1, 0.15) is 11.5 Å². The zero-order valence-corrected chi connectivity index (χ0v) is 14.5. The molecule has 0 aliphatic carbocycles. The standard InChI is InChI=1S/C14H12Br2ClNO2/c1-20-14-8(4-9(15)5-11(14)16)7-18-10-2-3-13(19)12(17)6-10/h2-6,18-19H,7H2,1H3. The fourth-order valence-electron chi connectivity index (χ4n) is 1.79. The molecule has 20 heavy (non-hydrogen) atoms. The average Bonchev–Trinajstić information content (AvgIpc) is 2.39. The Morgan fingerprint density at radius 1 is 1.25 bits per heavy atom. The normalized spacial score (nSPS) is 10.4. The zero-order valence-electron chi connectivity index (χ0n) is 10.6. The van der Waals surface area contributed by atoms with Crippen molar-refractivity contribution in [2.45, 2.75) is 6.54 Å². The lowest BCUT2D eigenvalue weighted by atomic mass is 10.2. The number of methoxy groups -OCH3 is 1. The summed E-state index contributed by atoms with van der Waals surface area (Å²) in [7, 11) is 1.63. The van der Waals surface area contributed by atoms with Crippen molar-refractivity contribution in [1.29, 1.82) is 0 Å². The van der Waals surface area contributed by atoms with Gasteiger partial charge < -0.3 is 15.2 Å². The van der Waals surface area contributed by atoms with Crippen molar-refractivity contribution < 1.29 is 9.84 Å². The van der Waals surface area contributed by atoms with E-state index >= 15 is 0 Å². The third kappa shape index (κ3) is 3.59. The number of hydrogen-bond donors (Lipinski definition) is 2. The van der Waals surface area contributed by atoms with Crippen molar-refractivity contribution in [3.63, 3.8) is 0 Å². The molecule has 0 saturated carbocycles. The highest BCUT2D eigenvalue weighted by molar-refractivity contribution is 9.11. The van der Waals surface area contributed by atoms with Crippen LogP contribution < -0.4 is 10.1 Å². The maximum absolute atomic E-state index is 9.39. The monoisotopic (exact) mass is 419 g/mol. The van der Waals surface area contributed by atoms with Gasteiger partial charge in [-0.2, -0.15) is 0 Å². The first-order chi connectivity index (χ1) is 9.51. The van der Waals surface area contributed by atoms with E-state index in [2.05, 4.69) is 37.2 Å². The SMILES string of the molecule is COc1c(Br)cc(Br)cc1CNc1ccc(O)c(Cl)c1. The van der Waals surface area contributed by atoms with E-state index in [-0.39, 0.29) is 5.75 Å². The van der Waals surface area contributed by atoms with Crippen LogP contribution in [0.4, 0.5) is 5.69 Å². The maximum Gasteiger partial charge on any atom is 0.138 e. The van der Waals surface area contributed by atoms with Gasteiger partial charge >= 0.3 is 0 Å². The van der Waals surface area contributed by atoms with Crippen LogP contribution in [0.1, 0.15) is 5.56 Å². The van der Waals surface area contributed by atoms with Crippen molar-refractivity contribution in [2.75, 3.05) is 12.4 Å².